The third-order valence-corrected chi connectivity index (χ3v) is 3.67. The summed E-state index contributed by atoms with van der Waals surface area (Å²) in [6.07, 6.45) is 3.90. The number of hydrogen-bond acceptors (Lipinski definition) is 2. The van der Waals surface area contributed by atoms with Crippen LogP contribution in [0.1, 0.15) is 10.4 Å². The van der Waals surface area contributed by atoms with Crippen LogP contribution in [0.15, 0.2) is 71.9 Å². The Morgan fingerprint density at radius 1 is 1.00 bits per heavy atom. The normalized spacial score (nSPS) is 10.7. The minimum absolute atomic E-state index is 0.103. The number of benzene rings is 2. The maximum atomic E-state index is 12.2. The van der Waals surface area contributed by atoms with E-state index < -0.39 is 0 Å². The van der Waals surface area contributed by atoms with Crippen LogP contribution in [0.25, 0.3) is 10.8 Å². The molecule has 3 aromatic rings. The van der Waals surface area contributed by atoms with Gasteiger partial charge in [-0.1, -0.05) is 42.5 Å². The van der Waals surface area contributed by atoms with Crippen molar-refractivity contribution < 1.29 is 9.36 Å². The summed E-state index contributed by atoms with van der Waals surface area (Å²) < 4.78 is 1.90. The molecule has 0 saturated heterocycles. The van der Waals surface area contributed by atoms with Crippen molar-refractivity contribution in [2.24, 2.45) is 0 Å². The first-order valence-corrected chi connectivity index (χ1v) is 6.88. The van der Waals surface area contributed by atoms with E-state index in [1.165, 1.54) is 0 Å². The summed E-state index contributed by atoms with van der Waals surface area (Å²) in [4.78, 5) is 13.1. The minimum atomic E-state index is 0.103. The molecule has 0 atom stereocenters. The van der Waals surface area contributed by atoms with E-state index in [9.17, 15) is 4.79 Å². The van der Waals surface area contributed by atoms with Crippen molar-refractivity contribution >= 4 is 29.2 Å². The SMILES string of the molecule is O=C(C[n+]1ccc2cccc(S)c2c1)c1ccccc1. The maximum absolute atomic E-state index is 12.2. The van der Waals surface area contributed by atoms with Crippen molar-refractivity contribution in [1.82, 2.24) is 0 Å². The molecule has 0 aliphatic carbocycles. The van der Waals surface area contributed by atoms with E-state index in [1.54, 1.807) is 0 Å². The van der Waals surface area contributed by atoms with Gasteiger partial charge in [-0.25, -0.2) is 0 Å². The topological polar surface area (TPSA) is 20.9 Å². The molecule has 0 saturated carbocycles. The molecule has 0 N–H and O–H groups in total. The van der Waals surface area contributed by atoms with Crippen molar-refractivity contribution in [1.29, 1.82) is 0 Å². The van der Waals surface area contributed by atoms with Gasteiger partial charge in [-0.05, 0) is 11.5 Å². The molecule has 3 rings (SSSR count). The number of carbonyl (C=O) groups excluding carboxylic acids is 1. The highest BCUT2D eigenvalue weighted by atomic mass is 32.1. The minimum Gasteiger partial charge on any atom is -0.287 e. The molecule has 1 aromatic heterocycles. The van der Waals surface area contributed by atoms with E-state index in [4.69, 9.17) is 0 Å². The highest BCUT2D eigenvalue weighted by Crippen LogP contribution is 2.19. The van der Waals surface area contributed by atoms with Crippen LogP contribution in [0.4, 0.5) is 0 Å². The largest absolute Gasteiger partial charge is 0.287 e. The molecule has 2 nitrogen and oxygen atoms in total. The number of carbonyl (C=O) groups is 1. The summed E-state index contributed by atoms with van der Waals surface area (Å²) in [5, 5.41) is 2.18. The molecule has 0 fully saturated rings. The zero-order chi connectivity index (χ0) is 13.9. The molecule has 0 spiro atoms. The molecule has 20 heavy (non-hydrogen) atoms. The number of hydrogen-bond donors (Lipinski definition) is 1. The van der Waals surface area contributed by atoms with Crippen LogP contribution < -0.4 is 4.57 Å². The second kappa shape index (κ2) is 5.47. The molecule has 0 aliphatic heterocycles. The van der Waals surface area contributed by atoms with Crippen LogP contribution in [0, 0.1) is 0 Å². The Balaban J connectivity index is 1.92. The molecule has 0 bridgehead atoms. The molecule has 0 aliphatic rings. The average molecular weight is 280 g/mol. The number of thiol groups is 1. The summed E-state index contributed by atoms with van der Waals surface area (Å²) in [7, 11) is 0. The first kappa shape index (κ1) is 12.9. The lowest BCUT2D eigenvalue weighted by Gasteiger charge is -2.01. The Labute approximate surface area is 123 Å². The highest BCUT2D eigenvalue weighted by Gasteiger charge is 2.12. The summed E-state index contributed by atoms with van der Waals surface area (Å²) >= 11 is 4.46. The first-order chi connectivity index (χ1) is 9.74. The Morgan fingerprint density at radius 2 is 1.80 bits per heavy atom. The van der Waals surface area contributed by atoms with Crippen LogP contribution in [-0.4, -0.2) is 5.78 Å². The van der Waals surface area contributed by atoms with Crippen LogP contribution in [0.3, 0.4) is 0 Å². The highest BCUT2D eigenvalue weighted by molar-refractivity contribution is 7.80. The molecule has 1 heterocycles. The van der Waals surface area contributed by atoms with Gasteiger partial charge < -0.3 is 0 Å². The van der Waals surface area contributed by atoms with Gasteiger partial charge in [0.25, 0.3) is 0 Å². The lowest BCUT2D eigenvalue weighted by molar-refractivity contribution is -0.681. The van der Waals surface area contributed by atoms with Gasteiger partial charge in [0.1, 0.15) is 0 Å². The maximum Gasteiger partial charge on any atom is 0.227 e. The number of rotatable bonds is 3. The summed E-state index contributed by atoms with van der Waals surface area (Å²) in [5.74, 6) is 0.103. The van der Waals surface area contributed by atoms with Gasteiger partial charge in [0.05, 0.1) is 5.39 Å². The molecular weight excluding hydrogens is 266 g/mol. The van der Waals surface area contributed by atoms with Crippen LogP contribution in [-0.2, 0) is 6.54 Å². The van der Waals surface area contributed by atoms with Crippen molar-refractivity contribution in [3.05, 3.63) is 72.6 Å². The lowest BCUT2D eigenvalue weighted by Crippen LogP contribution is -2.37. The number of fused-ring (bicyclic) bond motifs is 1. The quantitative estimate of drug-likeness (QED) is 0.443. The Hall–Kier alpha value is -2.13. The number of pyridine rings is 1. The molecule has 98 valence electrons. The third-order valence-electron chi connectivity index (χ3n) is 3.28. The van der Waals surface area contributed by atoms with Crippen molar-refractivity contribution in [2.45, 2.75) is 11.4 Å². The van der Waals surface area contributed by atoms with E-state index in [1.807, 2.05) is 71.6 Å². The van der Waals surface area contributed by atoms with E-state index in [0.29, 0.717) is 6.54 Å². The second-order valence-electron chi connectivity index (χ2n) is 4.69. The van der Waals surface area contributed by atoms with Gasteiger partial charge in [0.2, 0.25) is 12.3 Å². The lowest BCUT2D eigenvalue weighted by atomic mass is 10.1. The molecule has 0 unspecified atom stereocenters. The summed E-state index contributed by atoms with van der Waals surface area (Å²) in [5.41, 5.74) is 0.735. The second-order valence-corrected chi connectivity index (χ2v) is 5.17. The standard InChI is InChI=1S/C17H13NOS/c19-16(14-5-2-1-3-6-14)12-18-10-9-13-7-4-8-17(20)15(13)11-18/h1-11H,12H2/p+1. The van der Waals surface area contributed by atoms with Crippen molar-refractivity contribution in [3.63, 3.8) is 0 Å². The fourth-order valence-corrected chi connectivity index (χ4v) is 2.49. The number of ketones is 1. The smallest absolute Gasteiger partial charge is 0.227 e. The summed E-state index contributed by atoms with van der Waals surface area (Å²) in [6, 6.07) is 17.3. The predicted molar refractivity (Wildman–Crippen MR) is 82.2 cm³/mol. The van der Waals surface area contributed by atoms with E-state index >= 15 is 0 Å². The zero-order valence-corrected chi connectivity index (χ0v) is 11.8. The first-order valence-electron chi connectivity index (χ1n) is 6.43. The molecule has 3 heteroatoms. The van der Waals surface area contributed by atoms with Crippen LogP contribution >= 0.6 is 12.6 Å². The monoisotopic (exact) mass is 280 g/mol. The zero-order valence-electron chi connectivity index (χ0n) is 10.9. The number of nitrogens with zero attached hydrogens (tertiary/aromatic N) is 1. The average Bonchev–Trinajstić information content (AvgIpc) is 2.49. The van der Waals surface area contributed by atoms with Crippen LogP contribution in [0.2, 0.25) is 0 Å². The van der Waals surface area contributed by atoms with E-state index in [-0.39, 0.29) is 5.78 Å². The fraction of sp³-hybridized carbons (Fsp3) is 0.0588. The van der Waals surface area contributed by atoms with Gasteiger partial charge in [-0.2, -0.15) is 4.57 Å². The number of Topliss-reactive ketones (excluding diaryl/α,β-unsaturated/α-hetero) is 1. The van der Waals surface area contributed by atoms with Gasteiger partial charge >= 0.3 is 0 Å². The van der Waals surface area contributed by atoms with E-state index in [0.717, 1.165) is 21.2 Å². The molecule has 2 aromatic carbocycles. The molecule has 0 amide bonds. The van der Waals surface area contributed by atoms with E-state index in [2.05, 4.69) is 12.6 Å². The van der Waals surface area contributed by atoms with Crippen LogP contribution in [0.5, 0.6) is 0 Å². The van der Waals surface area contributed by atoms with Crippen molar-refractivity contribution in [3.8, 4) is 0 Å². The Bertz CT molecular complexity index is 768. The Kier molecular flexibility index (Phi) is 3.52. The van der Waals surface area contributed by atoms with Gasteiger partial charge in [0, 0.05) is 16.5 Å². The predicted octanol–water partition coefficient (Wildman–Crippen LogP) is 3.30. The number of aromatic nitrogens is 1. The fourth-order valence-electron chi connectivity index (χ4n) is 2.22. The van der Waals surface area contributed by atoms with Gasteiger partial charge in [-0.15, -0.1) is 12.6 Å². The van der Waals surface area contributed by atoms with Crippen molar-refractivity contribution in [2.75, 3.05) is 0 Å². The summed E-state index contributed by atoms with van der Waals surface area (Å²) in [6.45, 7) is 0.335. The Morgan fingerprint density at radius 3 is 2.60 bits per heavy atom. The third kappa shape index (κ3) is 2.58. The molecular formula is C17H14NOS+. The van der Waals surface area contributed by atoms with Gasteiger partial charge in [-0.3, -0.25) is 4.79 Å². The molecule has 0 radical (unpaired) electrons. The van der Waals surface area contributed by atoms with Gasteiger partial charge in [0.15, 0.2) is 12.4 Å².